The third kappa shape index (κ3) is 3.88. The van der Waals surface area contributed by atoms with Crippen LogP contribution in [0.1, 0.15) is 30.4 Å². The van der Waals surface area contributed by atoms with Crippen molar-refractivity contribution in [2.75, 3.05) is 25.5 Å². The molecule has 5 nitrogen and oxygen atoms in total. The molecule has 2 aliphatic rings. The smallest absolute Gasteiger partial charge is 0.387 e. The predicted octanol–water partition coefficient (Wildman–Crippen LogP) is 3.74. The van der Waals surface area contributed by atoms with Crippen molar-refractivity contribution >= 4 is 5.82 Å². The number of rotatable bonds is 5. The first-order valence-electron chi connectivity index (χ1n) is 9.49. The van der Waals surface area contributed by atoms with Crippen molar-refractivity contribution in [3.63, 3.8) is 0 Å². The quantitative estimate of drug-likeness (QED) is 0.864. The van der Waals surface area contributed by atoms with Gasteiger partial charge in [0.15, 0.2) is 5.82 Å². The molecular weight excluding hydrogens is 350 g/mol. The lowest BCUT2D eigenvalue weighted by atomic mass is 10.0. The Hall–Kier alpha value is -2.28. The van der Waals surface area contributed by atoms with Crippen LogP contribution in [0.4, 0.5) is 14.6 Å². The maximum Gasteiger partial charge on any atom is 0.387 e. The fourth-order valence-electron chi connectivity index (χ4n) is 4.16. The number of ether oxygens (including phenoxy) is 1. The highest BCUT2D eigenvalue weighted by Crippen LogP contribution is 2.38. The third-order valence-electron chi connectivity index (χ3n) is 5.36. The Morgan fingerprint density at radius 2 is 1.96 bits per heavy atom. The number of fused-ring (bicyclic) bond motifs is 1. The summed E-state index contributed by atoms with van der Waals surface area (Å²) in [6.07, 6.45) is 5.11. The van der Waals surface area contributed by atoms with Crippen LogP contribution >= 0.6 is 0 Å². The first-order chi connectivity index (χ1) is 13.1. The maximum absolute atomic E-state index is 12.8. The molecule has 27 heavy (non-hydrogen) atoms. The number of anilines is 1. The molecule has 1 saturated heterocycles. The monoisotopic (exact) mass is 374 g/mol. The van der Waals surface area contributed by atoms with Gasteiger partial charge in [0.2, 0.25) is 0 Å². The summed E-state index contributed by atoms with van der Waals surface area (Å²) < 4.78 is 30.2. The standard InChI is InChI=1S/C20H24F2N4O/c1-26-11-5-6-13(12-26)23-19-15-9-4-8-14(15)18(24-25-19)16-7-2-3-10-17(16)27-20(21)22/h2-3,7,10,13,20H,4-6,8-9,11-12H2,1H3,(H,23,25)/t13-/m1/s1. The van der Waals surface area contributed by atoms with E-state index in [1.54, 1.807) is 24.3 Å². The first-order valence-corrected chi connectivity index (χ1v) is 9.49. The molecule has 1 aromatic heterocycles. The minimum Gasteiger partial charge on any atom is -0.434 e. The molecule has 0 unspecified atom stereocenters. The summed E-state index contributed by atoms with van der Waals surface area (Å²) in [6.45, 7) is -0.748. The number of benzene rings is 1. The summed E-state index contributed by atoms with van der Waals surface area (Å²) in [6, 6.07) is 7.17. The van der Waals surface area contributed by atoms with E-state index in [9.17, 15) is 8.78 Å². The molecule has 7 heteroatoms. The number of nitrogens with zero attached hydrogens (tertiary/aromatic N) is 3. The Morgan fingerprint density at radius 3 is 2.78 bits per heavy atom. The Morgan fingerprint density at radius 1 is 1.15 bits per heavy atom. The van der Waals surface area contributed by atoms with Crippen LogP contribution in [0.5, 0.6) is 5.75 Å². The summed E-state index contributed by atoms with van der Waals surface area (Å²) in [5.41, 5.74) is 3.50. The van der Waals surface area contributed by atoms with Gasteiger partial charge in [0.1, 0.15) is 11.4 Å². The average Bonchev–Trinajstić information content (AvgIpc) is 3.13. The molecule has 4 rings (SSSR count). The number of alkyl halides is 2. The lowest BCUT2D eigenvalue weighted by Crippen LogP contribution is -2.40. The second-order valence-electron chi connectivity index (χ2n) is 7.33. The second kappa shape index (κ2) is 7.76. The van der Waals surface area contributed by atoms with E-state index in [-0.39, 0.29) is 5.75 Å². The van der Waals surface area contributed by atoms with E-state index in [4.69, 9.17) is 4.74 Å². The Kier molecular flexibility index (Phi) is 5.20. The molecule has 0 amide bonds. The van der Waals surface area contributed by atoms with Gasteiger partial charge in [0, 0.05) is 23.7 Å². The molecule has 1 N–H and O–H groups in total. The molecule has 0 radical (unpaired) electrons. The van der Waals surface area contributed by atoms with Crippen molar-refractivity contribution in [3.8, 4) is 17.0 Å². The molecule has 0 spiro atoms. The van der Waals surface area contributed by atoms with Crippen molar-refractivity contribution in [3.05, 3.63) is 35.4 Å². The molecule has 1 fully saturated rings. The topological polar surface area (TPSA) is 50.3 Å². The predicted molar refractivity (Wildman–Crippen MR) is 100 cm³/mol. The van der Waals surface area contributed by atoms with Crippen LogP contribution in [0.3, 0.4) is 0 Å². The van der Waals surface area contributed by atoms with Crippen LogP contribution in [-0.2, 0) is 12.8 Å². The van der Waals surface area contributed by atoms with Crippen molar-refractivity contribution in [2.24, 2.45) is 0 Å². The molecule has 2 heterocycles. The van der Waals surface area contributed by atoms with E-state index in [0.717, 1.165) is 50.2 Å². The number of hydrogen-bond donors (Lipinski definition) is 1. The maximum atomic E-state index is 12.8. The van der Waals surface area contributed by atoms with Crippen molar-refractivity contribution in [2.45, 2.75) is 44.8 Å². The molecule has 0 bridgehead atoms. The van der Waals surface area contributed by atoms with Crippen molar-refractivity contribution in [1.29, 1.82) is 0 Å². The molecule has 1 atom stereocenters. The van der Waals surface area contributed by atoms with Gasteiger partial charge >= 0.3 is 6.61 Å². The van der Waals surface area contributed by atoms with Gasteiger partial charge in [0.05, 0.1) is 0 Å². The molecule has 144 valence electrons. The van der Waals surface area contributed by atoms with Gasteiger partial charge in [-0.25, -0.2) is 0 Å². The number of hydrogen-bond acceptors (Lipinski definition) is 5. The van der Waals surface area contributed by atoms with Gasteiger partial charge in [0.25, 0.3) is 0 Å². The number of halogens is 2. The molecule has 1 aliphatic carbocycles. The van der Waals surface area contributed by atoms with Gasteiger partial charge in [-0.05, 0) is 63.4 Å². The van der Waals surface area contributed by atoms with E-state index in [2.05, 4.69) is 27.5 Å². The Bertz CT molecular complexity index is 815. The zero-order valence-electron chi connectivity index (χ0n) is 15.4. The highest BCUT2D eigenvalue weighted by molar-refractivity contribution is 5.73. The van der Waals surface area contributed by atoms with Crippen LogP contribution in [-0.4, -0.2) is 47.9 Å². The van der Waals surface area contributed by atoms with Crippen molar-refractivity contribution < 1.29 is 13.5 Å². The molecule has 0 saturated carbocycles. The van der Waals surface area contributed by atoms with Crippen LogP contribution in [0.15, 0.2) is 24.3 Å². The molecule has 1 aliphatic heterocycles. The zero-order chi connectivity index (χ0) is 18.8. The normalized spacial score (nSPS) is 19.9. The van der Waals surface area contributed by atoms with Crippen molar-refractivity contribution in [1.82, 2.24) is 15.1 Å². The van der Waals surface area contributed by atoms with Gasteiger partial charge in [-0.2, -0.15) is 8.78 Å². The number of para-hydroxylation sites is 1. The Balaban J connectivity index is 1.66. The molecule has 1 aromatic carbocycles. The average molecular weight is 374 g/mol. The first kappa shape index (κ1) is 18.1. The summed E-state index contributed by atoms with van der Waals surface area (Å²) in [5.74, 6) is 0.990. The number of likely N-dealkylation sites (tertiary alicyclic amines) is 1. The van der Waals surface area contributed by atoms with E-state index in [1.807, 2.05) is 0 Å². The van der Waals surface area contributed by atoms with E-state index >= 15 is 0 Å². The number of likely N-dealkylation sites (N-methyl/N-ethyl adjacent to an activating group) is 1. The fraction of sp³-hybridized carbons (Fsp3) is 0.500. The van der Waals surface area contributed by atoms with Crippen LogP contribution in [0.2, 0.25) is 0 Å². The SMILES string of the molecule is CN1CCC[C@@H](Nc2nnc(-c3ccccc3OC(F)F)c3c2CCC3)C1. The largest absolute Gasteiger partial charge is 0.434 e. The third-order valence-corrected chi connectivity index (χ3v) is 5.36. The summed E-state index contributed by atoms with van der Waals surface area (Å²) in [5, 5.41) is 12.4. The fourth-order valence-corrected chi connectivity index (χ4v) is 4.16. The van der Waals surface area contributed by atoms with Gasteiger partial charge < -0.3 is 15.0 Å². The zero-order valence-corrected chi connectivity index (χ0v) is 15.4. The highest BCUT2D eigenvalue weighted by atomic mass is 19.3. The number of piperidine rings is 1. The second-order valence-corrected chi connectivity index (χ2v) is 7.33. The van der Waals surface area contributed by atoms with Gasteiger partial charge in [-0.1, -0.05) is 12.1 Å². The Labute approximate surface area is 157 Å². The van der Waals surface area contributed by atoms with Crippen LogP contribution < -0.4 is 10.1 Å². The van der Waals surface area contributed by atoms with Gasteiger partial charge in [-0.15, -0.1) is 10.2 Å². The number of nitrogens with one attached hydrogen (secondary N) is 1. The lowest BCUT2D eigenvalue weighted by molar-refractivity contribution is -0.0494. The van der Waals surface area contributed by atoms with E-state index < -0.39 is 6.61 Å². The summed E-state index contributed by atoms with van der Waals surface area (Å²) in [7, 11) is 2.13. The lowest BCUT2D eigenvalue weighted by Gasteiger charge is -2.31. The molecule has 2 aromatic rings. The summed E-state index contributed by atoms with van der Waals surface area (Å²) in [4.78, 5) is 2.32. The van der Waals surface area contributed by atoms with E-state index in [1.165, 1.54) is 12.0 Å². The van der Waals surface area contributed by atoms with Gasteiger partial charge in [-0.3, -0.25) is 0 Å². The minimum atomic E-state index is -2.86. The summed E-state index contributed by atoms with van der Waals surface area (Å²) >= 11 is 0. The number of aromatic nitrogens is 2. The molecular formula is C20H24F2N4O. The van der Waals surface area contributed by atoms with Crippen LogP contribution in [0.25, 0.3) is 11.3 Å². The minimum absolute atomic E-state index is 0.144. The highest BCUT2D eigenvalue weighted by Gasteiger charge is 2.26. The van der Waals surface area contributed by atoms with Crippen LogP contribution in [0, 0.1) is 0 Å². The van der Waals surface area contributed by atoms with E-state index in [0.29, 0.717) is 17.3 Å².